The first-order valence-corrected chi connectivity index (χ1v) is 13.5. The van der Waals surface area contributed by atoms with E-state index in [0.717, 1.165) is 16.7 Å². The van der Waals surface area contributed by atoms with Crippen LogP contribution in [0.15, 0.2) is 90.2 Å². The number of aryl methyl sites for hydroxylation is 1. The van der Waals surface area contributed by atoms with Crippen molar-refractivity contribution in [3.63, 3.8) is 0 Å². The number of ether oxygens (including phenoxy) is 1. The molecule has 1 aliphatic rings. The molecule has 1 amide bonds. The Morgan fingerprint density at radius 3 is 2.33 bits per heavy atom. The number of anilines is 1. The van der Waals surface area contributed by atoms with Crippen molar-refractivity contribution >= 4 is 28.7 Å². The maximum absolute atomic E-state index is 14.1. The Bertz CT molecular complexity index is 1580. The molecule has 39 heavy (non-hydrogen) atoms. The number of benzene rings is 3. The molecule has 1 aromatic heterocycles. The van der Waals surface area contributed by atoms with Crippen molar-refractivity contribution in [2.24, 2.45) is 0 Å². The Morgan fingerprint density at radius 2 is 1.69 bits per heavy atom. The average molecular weight is 539 g/mol. The number of ketones is 1. The molecular weight excluding hydrogens is 508 g/mol. The first-order valence-electron chi connectivity index (χ1n) is 12.7. The van der Waals surface area contributed by atoms with Gasteiger partial charge >= 0.3 is 0 Å². The zero-order valence-corrected chi connectivity index (χ0v) is 23.4. The third-order valence-electron chi connectivity index (χ3n) is 6.90. The summed E-state index contributed by atoms with van der Waals surface area (Å²) in [6, 6.07) is 23.7. The number of carbonyl (C=O) groups is 2. The third-order valence-corrected chi connectivity index (χ3v) is 8.11. The fraction of sp³-hybridized carbons (Fsp3) is 0.219. The fourth-order valence-corrected chi connectivity index (χ4v) is 5.80. The number of nitrogens with zero attached hydrogens (tertiary/aromatic N) is 2. The van der Waals surface area contributed by atoms with Gasteiger partial charge in [0.2, 0.25) is 5.78 Å². The van der Waals surface area contributed by atoms with Crippen molar-refractivity contribution < 1.29 is 19.4 Å². The lowest BCUT2D eigenvalue weighted by atomic mass is 9.85. The number of carbonyl (C=O) groups excluding carboxylic acids is 2. The summed E-state index contributed by atoms with van der Waals surface area (Å²) >= 11 is 1.26. The quantitative estimate of drug-likeness (QED) is 0.263. The summed E-state index contributed by atoms with van der Waals surface area (Å²) in [6.07, 6.45) is 0. The fourth-order valence-electron chi connectivity index (χ4n) is 4.78. The van der Waals surface area contributed by atoms with Gasteiger partial charge in [-0.25, -0.2) is 4.98 Å². The van der Waals surface area contributed by atoms with Gasteiger partial charge in [-0.1, -0.05) is 81.4 Å². The van der Waals surface area contributed by atoms with E-state index in [1.807, 2.05) is 54.6 Å². The van der Waals surface area contributed by atoms with Gasteiger partial charge in [-0.15, -0.1) is 11.3 Å². The molecule has 3 aromatic carbocycles. The lowest BCUT2D eigenvalue weighted by Gasteiger charge is -2.28. The van der Waals surface area contributed by atoms with E-state index in [9.17, 15) is 14.7 Å². The molecule has 1 atom stereocenters. The molecule has 1 unspecified atom stereocenters. The van der Waals surface area contributed by atoms with E-state index in [-0.39, 0.29) is 11.0 Å². The maximum atomic E-state index is 14.1. The number of hydrogen-bond donors (Lipinski definition) is 1. The van der Waals surface area contributed by atoms with Gasteiger partial charge in [0, 0.05) is 17.3 Å². The zero-order chi connectivity index (χ0) is 27.9. The van der Waals surface area contributed by atoms with Crippen molar-refractivity contribution in [3.05, 3.63) is 112 Å². The molecule has 4 aromatic rings. The number of aliphatic hydroxyl groups excluding tert-OH is 1. The molecule has 0 aliphatic carbocycles. The van der Waals surface area contributed by atoms with E-state index >= 15 is 0 Å². The standard InChI is InChI=1S/C32H30N2O4S/c1-19-29(39-30(33-19)21-10-7-6-8-11-21)27(35)25-26(20-14-16-22(17-15-20)32(2,3)4)34(31(37)28(25)36)23-12-9-13-24(18-23)38-5/h6-18,26,36H,1-5H3. The summed E-state index contributed by atoms with van der Waals surface area (Å²) in [6.45, 7) is 8.15. The minimum Gasteiger partial charge on any atom is -0.503 e. The monoisotopic (exact) mass is 538 g/mol. The third kappa shape index (κ3) is 4.86. The highest BCUT2D eigenvalue weighted by Gasteiger charge is 2.45. The van der Waals surface area contributed by atoms with Crippen LogP contribution in [0.25, 0.3) is 10.6 Å². The summed E-state index contributed by atoms with van der Waals surface area (Å²) in [5, 5.41) is 11.9. The number of rotatable bonds is 6. The van der Waals surface area contributed by atoms with Gasteiger partial charge in [-0.05, 0) is 35.6 Å². The Labute approximate surface area is 232 Å². The van der Waals surface area contributed by atoms with Crippen LogP contribution in [0.1, 0.15) is 53.3 Å². The molecular formula is C32H30N2O4S. The van der Waals surface area contributed by atoms with Crippen LogP contribution in [-0.2, 0) is 10.2 Å². The van der Waals surface area contributed by atoms with Crippen LogP contribution in [0.4, 0.5) is 5.69 Å². The molecule has 0 fully saturated rings. The van der Waals surface area contributed by atoms with Gasteiger partial charge in [-0.2, -0.15) is 0 Å². The first-order chi connectivity index (χ1) is 18.6. The van der Waals surface area contributed by atoms with Crippen LogP contribution < -0.4 is 9.64 Å². The van der Waals surface area contributed by atoms with Gasteiger partial charge in [0.05, 0.1) is 29.3 Å². The topological polar surface area (TPSA) is 79.7 Å². The minimum absolute atomic E-state index is 0.0395. The van der Waals surface area contributed by atoms with Crippen molar-refractivity contribution in [2.75, 3.05) is 12.0 Å². The van der Waals surface area contributed by atoms with E-state index in [1.54, 1.807) is 38.3 Å². The molecule has 0 bridgehead atoms. The molecule has 1 aliphatic heterocycles. The van der Waals surface area contributed by atoms with E-state index < -0.39 is 23.5 Å². The number of aromatic nitrogens is 1. The second-order valence-electron chi connectivity index (χ2n) is 10.5. The first kappa shape index (κ1) is 26.4. The zero-order valence-electron chi connectivity index (χ0n) is 22.6. The highest BCUT2D eigenvalue weighted by atomic mass is 32.1. The Morgan fingerprint density at radius 1 is 1.00 bits per heavy atom. The van der Waals surface area contributed by atoms with Crippen molar-refractivity contribution in [1.82, 2.24) is 4.98 Å². The summed E-state index contributed by atoms with van der Waals surface area (Å²) in [5.74, 6) is -1.04. The van der Waals surface area contributed by atoms with E-state index in [4.69, 9.17) is 4.74 Å². The number of thiazole rings is 1. The van der Waals surface area contributed by atoms with E-state index in [1.165, 1.54) is 16.2 Å². The summed E-state index contributed by atoms with van der Waals surface area (Å²) in [5.41, 5.74) is 3.78. The van der Waals surface area contributed by atoms with Gasteiger partial charge in [0.25, 0.3) is 5.91 Å². The molecule has 1 N–H and O–H groups in total. The van der Waals surface area contributed by atoms with Crippen LogP contribution in [0, 0.1) is 6.92 Å². The van der Waals surface area contributed by atoms with Gasteiger partial charge in [0.1, 0.15) is 10.8 Å². The lowest BCUT2D eigenvalue weighted by molar-refractivity contribution is -0.117. The second kappa shape index (κ2) is 10.2. The van der Waals surface area contributed by atoms with Crippen molar-refractivity contribution in [1.29, 1.82) is 0 Å². The van der Waals surface area contributed by atoms with Gasteiger partial charge < -0.3 is 9.84 Å². The minimum atomic E-state index is -0.826. The van der Waals surface area contributed by atoms with Crippen LogP contribution in [-0.4, -0.2) is 28.9 Å². The highest BCUT2D eigenvalue weighted by molar-refractivity contribution is 7.17. The summed E-state index contributed by atoms with van der Waals surface area (Å²) in [7, 11) is 1.55. The number of Topliss-reactive ketones (excluding diaryl/α,β-unsaturated/α-hetero) is 1. The molecule has 0 radical (unpaired) electrons. The molecule has 198 valence electrons. The van der Waals surface area contributed by atoms with E-state index in [0.29, 0.717) is 27.0 Å². The molecule has 6 nitrogen and oxygen atoms in total. The summed E-state index contributed by atoms with van der Waals surface area (Å²) < 4.78 is 5.39. The molecule has 2 heterocycles. The lowest BCUT2D eigenvalue weighted by Crippen LogP contribution is -2.31. The van der Waals surface area contributed by atoms with Crippen LogP contribution in [0.2, 0.25) is 0 Å². The van der Waals surface area contributed by atoms with Crippen molar-refractivity contribution in [2.45, 2.75) is 39.2 Å². The molecule has 0 saturated heterocycles. The van der Waals surface area contributed by atoms with Crippen LogP contribution >= 0.6 is 11.3 Å². The second-order valence-corrected chi connectivity index (χ2v) is 11.5. The van der Waals surface area contributed by atoms with E-state index in [2.05, 4.69) is 25.8 Å². The number of hydrogen-bond acceptors (Lipinski definition) is 6. The SMILES string of the molecule is COc1cccc(N2C(=O)C(O)=C(C(=O)c3sc(-c4ccccc4)nc3C)C2c2ccc(C(C)(C)C)cc2)c1. The van der Waals surface area contributed by atoms with Gasteiger partial charge in [0.15, 0.2) is 5.76 Å². The molecule has 5 rings (SSSR count). The van der Waals surface area contributed by atoms with Crippen molar-refractivity contribution in [3.8, 4) is 16.3 Å². The number of aliphatic hydroxyl groups is 1. The maximum Gasteiger partial charge on any atom is 0.294 e. The average Bonchev–Trinajstić information content (AvgIpc) is 3.45. The highest BCUT2D eigenvalue weighted by Crippen LogP contribution is 2.44. The Kier molecular flexibility index (Phi) is 6.87. The van der Waals surface area contributed by atoms with Crippen LogP contribution in [0.3, 0.4) is 0 Å². The number of amides is 1. The molecule has 7 heteroatoms. The largest absolute Gasteiger partial charge is 0.503 e. The predicted octanol–water partition coefficient (Wildman–Crippen LogP) is 7.21. The predicted molar refractivity (Wildman–Crippen MR) is 155 cm³/mol. The van der Waals surface area contributed by atoms with Crippen LogP contribution in [0.5, 0.6) is 5.75 Å². The molecule has 0 spiro atoms. The Hall–Kier alpha value is -4.23. The normalized spacial score (nSPS) is 15.7. The molecule has 0 saturated carbocycles. The summed E-state index contributed by atoms with van der Waals surface area (Å²) in [4.78, 5) is 34.2. The Balaban J connectivity index is 1.64. The number of methoxy groups -OCH3 is 1. The van der Waals surface area contributed by atoms with Gasteiger partial charge in [-0.3, -0.25) is 14.5 Å². The smallest absolute Gasteiger partial charge is 0.294 e.